The first-order valence-corrected chi connectivity index (χ1v) is 9.59. The van der Waals surface area contributed by atoms with Crippen LogP contribution in [0.25, 0.3) is 0 Å². The van der Waals surface area contributed by atoms with Crippen LogP contribution in [0.3, 0.4) is 0 Å². The molecule has 0 atom stereocenters. The van der Waals surface area contributed by atoms with Crippen LogP contribution < -0.4 is 16.6 Å². The quantitative estimate of drug-likeness (QED) is 0.165. The number of aromatic nitrogens is 3. The monoisotopic (exact) mass is 418 g/mol. The van der Waals surface area contributed by atoms with Gasteiger partial charge in [-0.1, -0.05) is 23.9 Å². The van der Waals surface area contributed by atoms with Crippen LogP contribution >= 0.6 is 23.1 Å². The summed E-state index contributed by atoms with van der Waals surface area (Å²) in [7, 11) is 0. The molecule has 0 radical (unpaired) electrons. The fourth-order valence-corrected chi connectivity index (χ4v) is 3.24. The van der Waals surface area contributed by atoms with Gasteiger partial charge in [-0.25, -0.2) is 10.1 Å². The Labute approximate surface area is 166 Å². The molecule has 13 heteroatoms. The topological polar surface area (TPSA) is 153 Å². The second-order valence-corrected chi connectivity index (χ2v) is 7.13. The van der Waals surface area contributed by atoms with E-state index >= 15 is 0 Å². The Morgan fingerprint density at radius 2 is 2.25 bits per heavy atom. The van der Waals surface area contributed by atoms with E-state index in [0.29, 0.717) is 10.8 Å². The van der Waals surface area contributed by atoms with E-state index in [1.807, 2.05) is 17.5 Å². The number of anilines is 2. The fourth-order valence-electron chi connectivity index (χ4n) is 1.99. The molecule has 2 heterocycles. The number of nitro groups is 1. The number of thioether (sulfide) groups is 1. The Hall–Kier alpha value is -3.45. The number of benzene rings is 1. The molecule has 11 nitrogen and oxygen atoms in total. The van der Waals surface area contributed by atoms with E-state index in [2.05, 4.69) is 26.0 Å². The number of hydrogen-bond acceptors (Lipinski definition) is 10. The number of nitrogen functional groups attached to an aromatic ring is 1. The molecule has 1 amide bonds. The van der Waals surface area contributed by atoms with Gasteiger partial charge in [-0.3, -0.25) is 14.9 Å². The molecule has 0 bridgehead atoms. The first-order chi connectivity index (χ1) is 13.5. The van der Waals surface area contributed by atoms with E-state index in [9.17, 15) is 14.9 Å². The van der Waals surface area contributed by atoms with E-state index in [1.165, 1.54) is 34.2 Å². The van der Waals surface area contributed by atoms with E-state index in [-0.39, 0.29) is 23.3 Å². The van der Waals surface area contributed by atoms with Gasteiger partial charge in [0.1, 0.15) is 0 Å². The molecular weight excluding hydrogens is 404 g/mol. The molecule has 0 fully saturated rings. The van der Waals surface area contributed by atoms with Crippen molar-refractivity contribution in [3.05, 3.63) is 56.8 Å². The van der Waals surface area contributed by atoms with Gasteiger partial charge in [0.2, 0.25) is 11.1 Å². The zero-order valence-corrected chi connectivity index (χ0v) is 15.8. The highest BCUT2D eigenvalue weighted by Crippen LogP contribution is 2.19. The number of nitrogens with one attached hydrogen (secondary N) is 2. The maximum Gasteiger partial charge on any atom is 0.271 e. The third-order valence-corrected chi connectivity index (χ3v) is 4.99. The van der Waals surface area contributed by atoms with Gasteiger partial charge in [-0.2, -0.15) is 5.10 Å². The van der Waals surface area contributed by atoms with Crippen molar-refractivity contribution >= 4 is 52.5 Å². The van der Waals surface area contributed by atoms with Crippen molar-refractivity contribution < 1.29 is 9.72 Å². The highest BCUT2D eigenvalue weighted by molar-refractivity contribution is 7.99. The summed E-state index contributed by atoms with van der Waals surface area (Å²) in [6.45, 7) is 0. The highest BCUT2D eigenvalue weighted by Gasteiger charge is 2.13. The average Bonchev–Trinajstić information content (AvgIpc) is 3.31. The molecule has 0 saturated carbocycles. The Morgan fingerprint density at radius 1 is 1.39 bits per heavy atom. The second-order valence-electron chi connectivity index (χ2n) is 5.21. The number of carbonyl (C=O) groups excluding carboxylic acids is 1. The summed E-state index contributed by atoms with van der Waals surface area (Å²) in [5.74, 6) is 5.74. The maximum atomic E-state index is 12.1. The largest absolute Gasteiger partial charge is 0.334 e. The third-order valence-electron chi connectivity index (χ3n) is 3.24. The smallest absolute Gasteiger partial charge is 0.271 e. The van der Waals surface area contributed by atoms with Crippen LogP contribution in [-0.2, 0) is 4.79 Å². The van der Waals surface area contributed by atoms with Crippen LogP contribution in [0.15, 0.2) is 52.0 Å². The molecule has 2 aromatic heterocycles. The molecule has 3 aromatic rings. The zero-order chi connectivity index (χ0) is 19.9. The number of nitro benzene ring substituents is 1. The Kier molecular flexibility index (Phi) is 6.18. The van der Waals surface area contributed by atoms with Gasteiger partial charge in [0.25, 0.3) is 11.6 Å². The SMILES string of the molecule is Nn1c(N/N=C/c2cccs2)nnc1SCC(=O)Nc1cccc([N+](=O)[O-])c1. The van der Waals surface area contributed by atoms with E-state index in [4.69, 9.17) is 5.84 Å². The van der Waals surface area contributed by atoms with Crippen LogP contribution in [0, 0.1) is 10.1 Å². The summed E-state index contributed by atoms with van der Waals surface area (Å²) in [4.78, 5) is 23.3. The Bertz CT molecular complexity index is 1000. The molecule has 1 aromatic carbocycles. The van der Waals surface area contributed by atoms with Crippen molar-refractivity contribution in [3.63, 3.8) is 0 Å². The number of amides is 1. The van der Waals surface area contributed by atoms with Crippen LogP contribution in [0.1, 0.15) is 4.88 Å². The van der Waals surface area contributed by atoms with Gasteiger partial charge in [0.05, 0.1) is 16.9 Å². The van der Waals surface area contributed by atoms with Gasteiger partial charge in [0, 0.05) is 22.7 Å². The number of hydrazone groups is 1. The summed E-state index contributed by atoms with van der Waals surface area (Å²) in [6.07, 6.45) is 1.62. The number of nitrogens with two attached hydrogens (primary N) is 1. The normalized spacial score (nSPS) is 10.9. The van der Waals surface area contributed by atoms with Crippen LogP contribution in [-0.4, -0.2) is 37.7 Å². The maximum absolute atomic E-state index is 12.1. The molecule has 4 N–H and O–H groups in total. The number of thiophene rings is 1. The Morgan fingerprint density at radius 3 is 3.00 bits per heavy atom. The fraction of sp³-hybridized carbons (Fsp3) is 0.0667. The highest BCUT2D eigenvalue weighted by atomic mass is 32.2. The zero-order valence-electron chi connectivity index (χ0n) is 14.2. The summed E-state index contributed by atoms with van der Waals surface area (Å²) < 4.78 is 1.18. The standard InChI is InChI=1S/C15H14N8O3S2/c16-22-14(19-17-8-12-5-2-6-27-12)20-21-15(22)28-9-13(24)18-10-3-1-4-11(7-10)23(25)26/h1-8H,9,16H2,(H,18,24)(H,19,20)/b17-8+. The first kappa shape index (κ1) is 19.3. The molecule has 0 aliphatic heterocycles. The molecule has 0 aliphatic carbocycles. The minimum absolute atomic E-state index is 0.00348. The predicted molar refractivity (Wildman–Crippen MR) is 108 cm³/mol. The summed E-state index contributed by atoms with van der Waals surface area (Å²) >= 11 is 2.60. The predicted octanol–water partition coefficient (Wildman–Crippen LogP) is 2.14. The molecule has 3 rings (SSSR count). The molecule has 28 heavy (non-hydrogen) atoms. The summed E-state index contributed by atoms with van der Waals surface area (Å²) in [6, 6.07) is 9.49. The van der Waals surface area contributed by atoms with Crippen molar-refractivity contribution in [2.75, 3.05) is 22.3 Å². The van der Waals surface area contributed by atoms with Crippen molar-refractivity contribution in [2.45, 2.75) is 5.16 Å². The van der Waals surface area contributed by atoms with Crippen molar-refractivity contribution in [3.8, 4) is 0 Å². The number of rotatable bonds is 8. The minimum atomic E-state index is -0.531. The molecular formula is C15H14N8O3S2. The van der Waals surface area contributed by atoms with E-state index < -0.39 is 4.92 Å². The van der Waals surface area contributed by atoms with Gasteiger partial charge < -0.3 is 11.2 Å². The van der Waals surface area contributed by atoms with Crippen LogP contribution in [0.2, 0.25) is 0 Å². The molecule has 0 spiro atoms. The number of non-ortho nitro benzene ring substituents is 1. The van der Waals surface area contributed by atoms with Gasteiger partial charge in [-0.15, -0.1) is 21.5 Å². The second kappa shape index (κ2) is 8.96. The first-order valence-electron chi connectivity index (χ1n) is 7.73. The van der Waals surface area contributed by atoms with E-state index in [1.54, 1.807) is 12.3 Å². The lowest BCUT2D eigenvalue weighted by molar-refractivity contribution is -0.384. The molecule has 0 unspecified atom stereocenters. The Balaban J connectivity index is 1.53. The lowest BCUT2D eigenvalue weighted by atomic mass is 10.3. The molecule has 0 aliphatic rings. The van der Waals surface area contributed by atoms with Gasteiger partial charge >= 0.3 is 0 Å². The summed E-state index contributed by atoms with van der Waals surface area (Å²) in [5.41, 5.74) is 2.91. The van der Waals surface area contributed by atoms with Crippen LogP contribution in [0.4, 0.5) is 17.3 Å². The molecule has 0 saturated heterocycles. The lowest BCUT2D eigenvalue weighted by Crippen LogP contribution is -2.17. The summed E-state index contributed by atoms with van der Waals surface area (Å²) in [5, 5.41) is 27.4. The number of hydrogen-bond donors (Lipinski definition) is 3. The average molecular weight is 418 g/mol. The van der Waals surface area contributed by atoms with Crippen molar-refractivity contribution in [1.82, 2.24) is 14.9 Å². The van der Waals surface area contributed by atoms with Gasteiger partial charge in [-0.05, 0) is 17.5 Å². The van der Waals surface area contributed by atoms with Crippen molar-refractivity contribution in [1.29, 1.82) is 0 Å². The minimum Gasteiger partial charge on any atom is -0.334 e. The van der Waals surface area contributed by atoms with Crippen molar-refractivity contribution in [2.24, 2.45) is 5.10 Å². The van der Waals surface area contributed by atoms with Gasteiger partial charge in [0.15, 0.2) is 0 Å². The van der Waals surface area contributed by atoms with E-state index in [0.717, 1.165) is 16.6 Å². The lowest BCUT2D eigenvalue weighted by Gasteiger charge is -2.05. The number of carbonyl (C=O) groups is 1. The number of nitrogens with zero attached hydrogens (tertiary/aromatic N) is 5. The third kappa shape index (κ3) is 5.05. The van der Waals surface area contributed by atoms with Crippen LogP contribution in [0.5, 0.6) is 0 Å². The molecule has 144 valence electrons.